The third-order valence-corrected chi connectivity index (χ3v) is 9.96. The molecule has 51 heavy (non-hydrogen) atoms. The molecule has 3 fully saturated rings. The van der Waals surface area contributed by atoms with Crippen LogP contribution >= 0.6 is 0 Å². The highest BCUT2D eigenvalue weighted by Gasteiger charge is 2.89. The van der Waals surface area contributed by atoms with Crippen LogP contribution in [0.1, 0.15) is 75.6 Å². The molecule has 14 heteroatoms. The number of benzene rings is 2. The zero-order chi connectivity index (χ0) is 37.5. The lowest BCUT2D eigenvalue weighted by Gasteiger charge is -2.66. The van der Waals surface area contributed by atoms with Crippen LogP contribution in [-0.4, -0.2) is 94.9 Å². The smallest absolute Gasteiger partial charge is 0.338 e. The highest BCUT2D eigenvalue weighted by molar-refractivity contribution is 5.90. The van der Waals surface area contributed by atoms with Crippen LogP contribution in [0, 0.1) is 11.3 Å². The lowest BCUT2D eigenvalue weighted by molar-refractivity contribution is -0.361. The largest absolute Gasteiger partial charge is 0.465 e. The number of hydrogen-bond acceptors (Lipinski definition) is 14. The lowest BCUT2D eigenvalue weighted by Crippen LogP contribution is -2.85. The van der Waals surface area contributed by atoms with Gasteiger partial charge in [0.2, 0.25) is 0 Å². The van der Waals surface area contributed by atoms with Crippen molar-refractivity contribution < 1.29 is 67.0 Å². The van der Waals surface area contributed by atoms with E-state index in [9.17, 15) is 33.9 Å². The topological polar surface area (TPSA) is 187 Å². The maximum absolute atomic E-state index is 14.1. The van der Waals surface area contributed by atoms with Crippen LogP contribution in [-0.2, 0) is 52.3 Å². The van der Waals surface area contributed by atoms with Gasteiger partial charge in [0.25, 0.3) is 0 Å². The maximum atomic E-state index is 14.1. The van der Waals surface area contributed by atoms with Gasteiger partial charge >= 0.3 is 35.8 Å². The van der Waals surface area contributed by atoms with Crippen LogP contribution in [0.15, 0.2) is 60.7 Å². The summed E-state index contributed by atoms with van der Waals surface area (Å²) in [6.45, 7) is 8.18. The van der Waals surface area contributed by atoms with Crippen molar-refractivity contribution in [2.45, 2.75) is 102 Å². The Morgan fingerprint density at radius 2 is 1.16 bits per heavy atom. The van der Waals surface area contributed by atoms with Gasteiger partial charge in [-0.05, 0) is 45.0 Å². The van der Waals surface area contributed by atoms with E-state index < -0.39 is 107 Å². The van der Waals surface area contributed by atoms with Crippen molar-refractivity contribution in [1.82, 2.24) is 0 Å². The summed E-state index contributed by atoms with van der Waals surface area (Å²) in [7, 11) is 0. The van der Waals surface area contributed by atoms with Crippen molar-refractivity contribution in [2.24, 2.45) is 11.3 Å². The number of fused-ring (bicyclic) bond motifs is 1. The molecule has 1 saturated heterocycles. The van der Waals surface area contributed by atoms with Crippen molar-refractivity contribution in [2.75, 3.05) is 6.61 Å². The van der Waals surface area contributed by atoms with Gasteiger partial charge in [0, 0.05) is 34.1 Å². The van der Waals surface area contributed by atoms with Crippen molar-refractivity contribution >= 4 is 35.8 Å². The van der Waals surface area contributed by atoms with Crippen molar-refractivity contribution in [3.8, 4) is 0 Å². The van der Waals surface area contributed by atoms with E-state index in [-0.39, 0.29) is 11.1 Å². The molecule has 3 aliphatic rings. The van der Waals surface area contributed by atoms with Crippen LogP contribution < -0.4 is 0 Å². The summed E-state index contributed by atoms with van der Waals surface area (Å²) in [5, 5.41) is 12.7. The van der Waals surface area contributed by atoms with E-state index in [1.54, 1.807) is 50.2 Å². The average Bonchev–Trinajstić information content (AvgIpc) is 3.24. The Morgan fingerprint density at radius 1 is 0.667 bits per heavy atom. The third kappa shape index (κ3) is 6.46. The molecule has 5 rings (SSSR count). The SMILES string of the molecule is CC(=O)OCC12[C@H](OC(=O)c3ccccc3)C(OC(C)=O)C3C(OC(C)=O)C1(OC3(C)C)[C@@](C)(O)C[C@H](OC(C)=O)[C@@H]2OC(=O)c1ccccc1. The van der Waals surface area contributed by atoms with Crippen LogP contribution in [0.4, 0.5) is 0 Å². The van der Waals surface area contributed by atoms with Gasteiger partial charge in [-0.2, -0.15) is 0 Å². The summed E-state index contributed by atoms with van der Waals surface area (Å²) in [6.07, 6.45) is -8.57. The highest BCUT2D eigenvalue weighted by atomic mass is 16.7. The molecule has 1 aliphatic heterocycles. The summed E-state index contributed by atoms with van der Waals surface area (Å²) >= 11 is 0. The summed E-state index contributed by atoms with van der Waals surface area (Å²) in [6, 6.07) is 15.6. The molecular formula is C37H42O14. The van der Waals surface area contributed by atoms with Gasteiger partial charge in [-0.1, -0.05) is 36.4 Å². The Labute approximate surface area is 294 Å². The number of aliphatic hydroxyl groups is 1. The number of carbonyl (C=O) groups is 6. The quantitative estimate of drug-likeness (QED) is 0.295. The first-order valence-corrected chi connectivity index (χ1v) is 16.5. The van der Waals surface area contributed by atoms with E-state index in [1.807, 2.05) is 0 Å². The van der Waals surface area contributed by atoms with Gasteiger partial charge in [0.1, 0.15) is 30.3 Å². The summed E-state index contributed by atoms with van der Waals surface area (Å²) in [5.41, 5.74) is -8.07. The maximum Gasteiger partial charge on any atom is 0.338 e. The van der Waals surface area contributed by atoms with E-state index in [0.29, 0.717) is 0 Å². The van der Waals surface area contributed by atoms with E-state index >= 15 is 0 Å². The monoisotopic (exact) mass is 710 g/mol. The van der Waals surface area contributed by atoms with Crippen LogP contribution in [0.5, 0.6) is 0 Å². The first-order chi connectivity index (χ1) is 23.9. The van der Waals surface area contributed by atoms with E-state index in [4.69, 9.17) is 33.2 Å². The Hall–Kier alpha value is -4.82. The summed E-state index contributed by atoms with van der Waals surface area (Å²) in [5.74, 6) is -6.32. The Bertz CT molecular complexity index is 1690. The third-order valence-electron chi connectivity index (χ3n) is 9.96. The fourth-order valence-corrected chi connectivity index (χ4v) is 8.39. The van der Waals surface area contributed by atoms with E-state index in [1.165, 1.54) is 31.2 Å². The molecule has 0 radical (unpaired) electrons. The molecule has 1 N–H and O–H groups in total. The number of ether oxygens (including phenoxy) is 7. The second-order valence-corrected chi connectivity index (χ2v) is 13.9. The van der Waals surface area contributed by atoms with E-state index in [2.05, 4.69) is 0 Å². The Kier molecular flexibility index (Phi) is 10.1. The minimum absolute atomic E-state index is 0.0698. The second kappa shape index (κ2) is 13.7. The summed E-state index contributed by atoms with van der Waals surface area (Å²) < 4.78 is 42.9. The molecular weight excluding hydrogens is 668 g/mol. The molecule has 274 valence electrons. The standard InChI is InChI=1S/C37H42O14/c1-20(38)45-19-36-29(49-32(42)24-14-10-8-11-15-24)26(46-21(2)39)18-35(7,44)37(36)30(48-23(4)41)27(34(5,6)51-37)28(47-22(3)40)31(36)50-33(43)25-16-12-9-13-17-25/h8-17,26-31,44H,18-19H2,1-7H3/t26-,27?,28?,29-,30?,31+,35-,36?,37?/m0/s1. The van der Waals surface area contributed by atoms with Gasteiger partial charge in [-0.3, -0.25) is 19.2 Å². The molecule has 2 saturated carbocycles. The first-order valence-electron chi connectivity index (χ1n) is 16.5. The molecule has 1 heterocycles. The number of rotatable bonds is 9. The molecule has 2 aromatic carbocycles. The minimum atomic E-state index is -2.32. The molecule has 0 aromatic heterocycles. The van der Waals surface area contributed by atoms with Gasteiger partial charge in [-0.25, -0.2) is 9.59 Å². The second-order valence-electron chi connectivity index (χ2n) is 13.9. The Morgan fingerprint density at radius 3 is 1.63 bits per heavy atom. The van der Waals surface area contributed by atoms with Gasteiger partial charge in [0.15, 0.2) is 17.8 Å². The molecule has 2 aromatic rings. The molecule has 1 spiro atoms. The zero-order valence-electron chi connectivity index (χ0n) is 29.4. The predicted molar refractivity (Wildman–Crippen MR) is 174 cm³/mol. The fraction of sp³-hybridized carbons (Fsp3) is 0.514. The fourth-order valence-electron chi connectivity index (χ4n) is 8.39. The lowest BCUT2D eigenvalue weighted by atomic mass is 9.45. The number of esters is 6. The van der Waals surface area contributed by atoms with Gasteiger partial charge < -0.3 is 38.3 Å². The normalized spacial score (nSPS) is 33.1. The molecule has 2 bridgehead atoms. The Balaban J connectivity index is 1.91. The highest BCUT2D eigenvalue weighted by Crippen LogP contribution is 2.69. The van der Waals surface area contributed by atoms with Crippen LogP contribution in [0.3, 0.4) is 0 Å². The number of hydrogen-bond donors (Lipinski definition) is 1. The molecule has 2 aliphatic carbocycles. The first kappa shape index (κ1) is 37.4. The van der Waals surface area contributed by atoms with Gasteiger partial charge in [0.05, 0.1) is 28.2 Å². The zero-order valence-corrected chi connectivity index (χ0v) is 29.4. The van der Waals surface area contributed by atoms with Crippen molar-refractivity contribution in [1.29, 1.82) is 0 Å². The molecule has 5 unspecified atom stereocenters. The van der Waals surface area contributed by atoms with E-state index in [0.717, 1.165) is 27.7 Å². The average molecular weight is 711 g/mol. The number of carbonyl (C=O) groups excluding carboxylic acids is 6. The summed E-state index contributed by atoms with van der Waals surface area (Å²) in [4.78, 5) is 79.4. The van der Waals surface area contributed by atoms with Crippen molar-refractivity contribution in [3.63, 3.8) is 0 Å². The van der Waals surface area contributed by atoms with Gasteiger partial charge in [-0.15, -0.1) is 0 Å². The minimum Gasteiger partial charge on any atom is -0.465 e. The molecule has 14 nitrogen and oxygen atoms in total. The molecule has 9 atom stereocenters. The van der Waals surface area contributed by atoms with Crippen LogP contribution in [0.2, 0.25) is 0 Å². The predicted octanol–water partition coefficient (Wildman–Crippen LogP) is 3.11. The molecule has 0 amide bonds. The van der Waals surface area contributed by atoms with Crippen molar-refractivity contribution in [3.05, 3.63) is 71.8 Å². The van der Waals surface area contributed by atoms with Crippen LogP contribution in [0.25, 0.3) is 0 Å².